The highest BCUT2D eigenvalue weighted by Gasteiger charge is 2.25. The third-order valence-electron chi connectivity index (χ3n) is 5.06. The lowest BCUT2D eigenvalue weighted by Gasteiger charge is -2.17. The van der Waals surface area contributed by atoms with Gasteiger partial charge in [0.15, 0.2) is 5.65 Å². The lowest BCUT2D eigenvalue weighted by molar-refractivity contribution is 0.251. The predicted octanol–water partition coefficient (Wildman–Crippen LogP) is 3.05. The molecule has 7 nitrogen and oxygen atoms in total. The Hall–Kier alpha value is -2.45. The highest BCUT2D eigenvalue weighted by atomic mass is 32.2. The van der Waals surface area contributed by atoms with Crippen molar-refractivity contribution < 1.29 is 8.42 Å². The van der Waals surface area contributed by atoms with Crippen molar-refractivity contribution in [3.8, 4) is 0 Å². The van der Waals surface area contributed by atoms with Gasteiger partial charge >= 0.3 is 0 Å². The van der Waals surface area contributed by atoms with Gasteiger partial charge in [-0.15, -0.1) is 0 Å². The van der Waals surface area contributed by atoms with Crippen LogP contribution in [-0.2, 0) is 30.2 Å². The van der Waals surface area contributed by atoms with Crippen molar-refractivity contribution in [2.24, 2.45) is 13.0 Å². The summed E-state index contributed by atoms with van der Waals surface area (Å²) in [4.78, 5) is 6.79. The number of hydrogen-bond donors (Lipinski definition) is 1. The summed E-state index contributed by atoms with van der Waals surface area (Å²) in [6, 6.07) is 7.44. The van der Waals surface area contributed by atoms with E-state index in [9.17, 15) is 8.42 Å². The Labute approximate surface area is 165 Å². The second kappa shape index (κ2) is 6.86. The third kappa shape index (κ3) is 3.38. The molecule has 0 radical (unpaired) electrons. The van der Waals surface area contributed by atoms with E-state index in [0.717, 1.165) is 36.3 Å². The van der Waals surface area contributed by atoms with Crippen LogP contribution in [0, 0.1) is 12.8 Å². The van der Waals surface area contributed by atoms with E-state index >= 15 is 0 Å². The number of rotatable bonds is 5. The summed E-state index contributed by atoms with van der Waals surface area (Å²) in [5.41, 5.74) is 4.30. The summed E-state index contributed by atoms with van der Waals surface area (Å²) >= 11 is 0. The zero-order chi connectivity index (χ0) is 20.1. The Morgan fingerprint density at radius 3 is 2.79 bits per heavy atom. The zero-order valence-corrected chi connectivity index (χ0v) is 17.4. The zero-order valence-electron chi connectivity index (χ0n) is 16.6. The number of aromatic nitrogens is 3. The van der Waals surface area contributed by atoms with Crippen LogP contribution in [0.3, 0.4) is 0 Å². The molecule has 3 heterocycles. The van der Waals surface area contributed by atoms with Crippen molar-refractivity contribution in [2.45, 2.75) is 38.8 Å². The molecule has 0 fully saturated rings. The van der Waals surface area contributed by atoms with Gasteiger partial charge in [0, 0.05) is 38.3 Å². The average molecular weight is 400 g/mol. The number of fused-ring (bicyclic) bond motifs is 2. The molecule has 0 saturated heterocycles. The second-order valence-electron chi connectivity index (χ2n) is 7.86. The monoisotopic (exact) mass is 399 g/mol. The molecular formula is C20H25N5O2S. The maximum Gasteiger partial charge on any atom is 0.263 e. The SMILES string of the molecule is Cc1nn(C)c2ncc(S(=O)(=O)Nc3cccc4c3CN(CC(C)C)C4)cc12. The van der Waals surface area contributed by atoms with Crippen LogP contribution in [0.2, 0.25) is 0 Å². The first kappa shape index (κ1) is 18.9. The molecule has 2 aromatic heterocycles. The van der Waals surface area contributed by atoms with Crippen molar-refractivity contribution >= 4 is 26.7 Å². The fourth-order valence-electron chi connectivity index (χ4n) is 3.87. The first-order valence-electron chi connectivity index (χ1n) is 9.40. The van der Waals surface area contributed by atoms with Crippen molar-refractivity contribution in [1.29, 1.82) is 0 Å². The van der Waals surface area contributed by atoms with E-state index in [4.69, 9.17) is 0 Å². The molecular weight excluding hydrogens is 374 g/mol. The molecule has 0 atom stereocenters. The fraction of sp³-hybridized carbons (Fsp3) is 0.400. The van der Waals surface area contributed by atoms with Crippen LogP contribution in [0.25, 0.3) is 11.0 Å². The Kier molecular flexibility index (Phi) is 4.63. The summed E-state index contributed by atoms with van der Waals surface area (Å²) in [6.45, 7) is 8.83. The highest BCUT2D eigenvalue weighted by Crippen LogP contribution is 2.31. The van der Waals surface area contributed by atoms with E-state index in [0.29, 0.717) is 17.3 Å². The molecule has 4 rings (SSSR count). The number of aryl methyl sites for hydroxylation is 2. The van der Waals surface area contributed by atoms with E-state index in [-0.39, 0.29) is 4.90 Å². The Bertz CT molecular complexity index is 1150. The van der Waals surface area contributed by atoms with Gasteiger partial charge in [-0.2, -0.15) is 5.10 Å². The average Bonchev–Trinajstić information content (AvgIpc) is 3.15. The van der Waals surface area contributed by atoms with Gasteiger partial charge in [-0.25, -0.2) is 13.4 Å². The van der Waals surface area contributed by atoms with Crippen LogP contribution < -0.4 is 4.72 Å². The topological polar surface area (TPSA) is 80.1 Å². The molecule has 0 spiro atoms. The number of nitrogens with zero attached hydrogens (tertiary/aromatic N) is 4. The predicted molar refractivity (Wildman–Crippen MR) is 109 cm³/mol. The van der Waals surface area contributed by atoms with Crippen molar-refractivity contribution in [3.63, 3.8) is 0 Å². The molecule has 0 bridgehead atoms. The number of sulfonamides is 1. The van der Waals surface area contributed by atoms with Crippen molar-refractivity contribution in [1.82, 2.24) is 19.7 Å². The van der Waals surface area contributed by atoms with Crippen LogP contribution in [0.5, 0.6) is 0 Å². The Morgan fingerprint density at radius 2 is 2.04 bits per heavy atom. The van der Waals surface area contributed by atoms with Gasteiger partial charge in [0.2, 0.25) is 0 Å². The molecule has 0 aliphatic carbocycles. The first-order chi connectivity index (χ1) is 13.2. The maximum atomic E-state index is 13.0. The molecule has 0 saturated carbocycles. The van der Waals surface area contributed by atoms with Crippen LogP contribution in [0.1, 0.15) is 30.7 Å². The molecule has 3 aromatic rings. The van der Waals surface area contributed by atoms with Gasteiger partial charge in [-0.1, -0.05) is 26.0 Å². The lowest BCUT2D eigenvalue weighted by atomic mass is 10.1. The van der Waals surface area contributed by atoms with Gasteiger partial charge in [-0.3, -0.25) is 14.3 Å². The Morgan fingerprint density at radius 1 is 1.25 bits per heavy atom. The molecule has 148 valence electrons. The number of pyridine rings is 1. The fourth-order valence-corrected chi connectivity index (χ4v) is 4.93. The molecule has 1 aromatic carbocycles. The summed E-state index contributed by atoms with van der Waals surface area (Å²) in [6.07, 6.45) is 1.39. The number of benzene rings is 1. The van der Waals surface area contributed by atoms with Crippen LogP contribution in [-0.4, -0.2) is 34.6 Å². The normalized spacial score (nSPS) is 14.8. The maximum absolute atomic E-state index is 13.0. The van der Waals surface area contributed by atoms with E-state index < -0.39 is 10.0 Å². The Balaban J connectivity index is 1.65. The quantitative estimate of drug-likeness (QED) is 0.713. The van der Waals surface area contributed by atoms with Crippen LogP contribution in [0.4, 0.5) is 5.69 Å². The van der Waals surface area contributed by atoms with Gasteiger partial charge in [0.25, 0.3) is 10.0 Å². The van der Waals surface area contributed by atoms with Crippen LogP contribution >= 0.6 is 0 Å². The smallest absolute Gasteiger partial charge is 0.263 e. The van der Waals surface area contributed by atoms with Crippen molar-refractivity contribution in [3.05, 3.63) is 47.3 Å². The van der Waals surface area contributed by atoms with Gasteiger partial charge in [-0.05, 0) is 36.1 Å². The van der Waals surface area contributed by atoms with Gasteiger partial charge in [0.1, 0.15) is 4.90 Å². The first-order valence-corrected chi connectivity index (χ1v) is 10.9. The molecule has 1 aliphatic rings. The molecule has 1 N–H and O–H groups in total. The van der Waals surface area contributed by atoms with Gasteiger partial charge in [0.05, 0.1) is 11.4 Å². The van der Waals surface area contributed by atoms with Gasteiger partial charge < -0.3 is 0 Å². The largest absolute Gasteiger partial charge is 0.294 e. The standard InChI is InChI=1S/C20H25N5O2S/c1-13(2)10-25-11-15-6-5-7-19(18(15)12-25)23-28(26,27)16-8-17-14(3)22-24(4)20(17)21-9-16/h5-9,13,23H,10-12H2,1-4H3. The summed E-state index contributed by atoms with van der Waals surface area (Å²) in [5.74, 6) is 0.565. The third-order valence-corrected chi connectivity index (χ3v) is 6.40. The summed E-state index contributed by atoms with van der Waals surface area (Å²) in [5, 5.41) is 5.05. The number of nitrogens with one attached hydrogen (secondary N) is 1. The number of hydrogen-bond acceptors (Lipinski definition) is 5. The van der Waals surface area contributed by atoms with Crippen LogP contribution in [0.15, 0.2) is 35.4 Å². The molecule has 0 amide bonds. The lowest BCUT2D eigenvalue weighted by Crippen LogP contribution is -2.21. The number of anilines is 1. The summed E-state index contributed by atoms with van der Waals surface area (Å²) in [7, 11) is -1.95. The van der Waals surface area contributed by atoms with E-state index in [2.05, 4.69) is 39.6 Å². The van der Waals surface area contributed by atoms with E-state index in [1.54, 1.807) is 17.8 Å². The second-order valence-corrected chi connectivity index (χ2v) is 9.55. The molecule has 0 unspecified atom stereocenters. The molecule has 28 heavy (non-hydrogen) atoms. The minimum atomic E-state index is -3.74. The van der Waals surface area contributed by atoms with Crippen molar-refractivity contribution in [2.75, 3.05) is 11.3 Å². The van der Waals surface area contributed by atoms with E-state index in [1.807, 2.05) is 19.1 Å². The minimum Gasteiger partial charge on any atom is -0.294 e. The summed E-state index contributed by atoms with van der Waals surface area (Å²) < 4.78 is 30.5. The highest BCUT2D eigenvalue weighted by molar-refractivity contribution is 7.92. The minimum absolute atomic E-state index is 0.144. The molecule has 1 aliphatic heterocycles. The van der Waals surface area contributed by atoms with E-state index in [1.165, 1.54) is 11.8 Å². The molecule has 8 heteroatoms.